The van der Waals surface area contributed by atoms with Crippen LogP contribution in [0.3, 0.4) is 0 Å². The average molecular weight is 496 g/mol. The SMILES string of the molecule is O=C1Nc2cc(S(=O)(=O)N3CCC4(CC3)OCCO4)ccc2S[C@@H]1C(=O)N1CCCCCC1. The number of hydrogen-bond acceptors (Lipinski definition) is 7. The van der Waals surface area contributed by atoms with Gasteiger partial charge in [-0.15, -0.1) is 11.8 Å². The summed E-state index contributed by atoms with van der Waals surface area (Å²) in [6.45, 7) is 3.06. The van der Waals surface area contributed by atoms with Crippen LogP contribution in [0.15, 0.2) is 28.0 Å². The Morgan fingerprint density at radius 2 is 1.70 bits per heavy atom. The lowest BCUT2D eigenvalue weighted by Gasteiger charge is -2.37. The minimum atomic E-state index is -3.72. The summed E-state index contributed by atoms with van der Waals surface area (Å²) in [6.07, 6.45) is 5.10. The second kappa shape index (κ2) is 9.18. The molecule has 4 heterocycles. The van der Waals surface area contributed by atoms with Gasteiger partial charge in [-0.25, -0.2) is 8.42 Å². The zero-order valence-corrected chi connectivity index (χ0v) is 20.1. The Labute approximate surface area is 198 Å². The molecule has 0 aromatic heterocycles. The van der Waals surface area contributed by atoms with Crippen LogP contribution >= 0.6 is 11.8 Å². The first-order chi connectivity index (χ1) is 15.9. The van der Waals surface area contributed by atoms with Crippen LogP contribution in [0.1, 0.15) is 38.5 Å². The molecular formula is C22H29N3O6S2. The first kappa shape index (κ1) is 23.1. The summed E-state index contributed by atoms with van der Waals surface area (Å²) in [4.78, 5) is 28.4. The highest BCUT2D eigenvalue weighted by Gasteiger charge is 2.43. The third kappa shape index (κ3) is 4.53. The Bertz CT molecular complexity index is 1020. The van der Waals surface area contributed by atoms with Crippen LogP contribution in [0.4, 0.5) is 5.69 Å². The second-order valence-corrected chi connectivity index (χ2v) is 12.0. The number of nitrogens with zero attached hydrogens (tertiary/aromatic N) is 2. The molecule has 33 heavy (non-hydrogen) atoms. The zero-order chi connectivity index (χ0) is 23.1. The summed E-state index contributed by atoms with van der Waals surface area (Å²) in [5, 5.41) is 1.93. The van der Waals surface area contributed by atoms with E-state index >= 15 is 0 Å². The molecule has 0 saturated carbocycles. The summed E-state index contributed by atoms with van der Waals surface area (Å²) in [5.41, 5.74) is 0.432. The van der Waals surface area contributed by atoms with Gasteiger partial charge in [-0.1, -0.05) is 12.8 Å². The molecule has 1 spiro atoms. The topological polar surface area (TPSA) is 105 Å². The van der Waals surface area contributed by atoms with Gasteiger partial charge in [0.2, 0.25) is 21.8 Å². The van der Waals surface area contributed by atoms with E-state index < -0.39 is 27.0 Å². The van der Waals surface area contributed by atoms with Gasteiger partial charge < -0.3 is 19.7 Å². The molecule has 0 aliphatic carbocycles. The highest BCUT2D eigenvalue weighted by Crippen LogP contribution is 2.39. The first-order valence-corrected chi connectivity index (χ1v) is 13.9. The van der Waals surface area contributed by atoms with Crippen LogP contribution in [0.25, 0.3) is 0 Å². The molecule has 1 aromatic rings. The summed E-state index contributed by atoms with van der Waals surface area (Å²) in [7, 11) is -3.72. The maximum absolute atomic E-state index is 13.2. The number of carbonyl (C=O) groups excluding carboxylic acids is 2. The fourth-order valence-electron chi connectivity index (χ4n) is 4.87. The van der Waals surface area contributed by atoms with Gasteiger partial charge in [0.05, 0.1) is 23.8 Å². The molecule has 0 unspecified atom stereocenters. The van der Waals surface area contributed by atoms with E-state index in [0.29, 0.717) is 62.8 Å². The van der Waals surface area contributed by atoms with Crippen molar-refractivity contribution in [3.05, 3.63) is 18.2 Å². The Morgan fingerprint density at radius 1 is 1.03 bits per heavy atom. The Morgan fingerprint density at radius 3 is 2.36 bits per heavy atom. The van der Waals surface area contributed by atoms with E-state index in [1.54, 1.807) is 17.0 Å². The van der Waals surface area contributed by atoms with Crippen molar-refractivity contribution in [2.75, 3.05) is 44.7 Å². The van der Waals surface area contributed by atoms with Crippen molar-refractivity contribution in [2.24, 2.45) is 0 Å². The average Bonchev–Trinajstić information content (AvgIpc) is 3.09. The van der Waals surface area contributed by atoms with Gasteiger partial charge in [-0.05, 0) is 31.0 Å². The standard InChI is InChI=1S/C22H29N3O6S2/c26-20-19(21(27)24-9-3-1-2-4-10-24)32-18-6-5-16(15-17(18)23-20)33(28,29)25-11-7-22(8-12-25)30-13-14-31-22/h5-6,15,19H,1-4,7-14H2,(H,23,26)/t19-/m0/s1. The second-order valence-electron chi connectivity index (χ2n) is 8.90. The highest BCUT2D eigenvalue weighted by molar-refractivity contribution is 8.01. The third-order valence-corrected chi connectivity index (χ3v) is 9.93. The van der Waals surface area contributed by atoms with Crippen molar-refractivity contribution >= 4 is 39.3 Å². The van der Waals surface area contributed by atoms with E-state index in [-0.39, 0.29) is 10.8 Å². The maximum Gasteiger partial charge on any atom is 0.247 e. The lowest BCUT2D eigenvalue weighted by Crippen LogP contribution is -2.47. The molecule has 2 amide bonds. The summed E-state index contributed by atoms with van der Waals surface area (Å²) in [6, 6.07) is 4.73. The number of fused-ring (bicyclic) bond motifs is 1. The first-order valence-electron chi connectivity index (χ1n) is 11.6. The van der Waals surface area contributed by atoms with Crippen LogP contribution in [-0.2, 0) is 29.1 Å². The van der Waals surface area contributed by atoms with Crippen molar-refractivity contribution in [3.63, 3.8) is 0 Å². The molecule has 3 fully saturated rings. The molecule has 4 aliphatic rings. The van der Waals surface area contributed by atoms with Gasteiger partial charge in [-0.2, -0.15) is 4.31 Å². The number of piperidine rings is 1. The van der Waals surface area contributed by atoms with Gasteiger partial charge in [0.15, 0.2) is 11.0 Å². The molecule has 9 nitrogen and oxygen atoms in total. The Balaban J connectivity index is 1.30. The summed E-state index contributed by atoms with van der Waals surface area (Å²) < 4.78 is 39.3. The molecule has 1 N–H and O–H groups in total. The number of amides is 2. The maximum atomic E-state index is 13.2. The number of likely N-dealkylation sites (tertiary alicyclic amines) is 1. The summed E-state index contributed by atoms with van der Waals surface area (Å²) in [5.74, 6) is -1.21. The monoisotopic (exact) mass is 495 g/mol. The molecule has 0 bridgehead atoms. The number of hydrogen-bond donors (Lipinski definition) is 1. The third-order valence-electron chi connectivity index (χ3n) is 6.77. The van der Waals surface area contributed by atoms with Crippen molar-refractivity contribution in [2.45, 2.75) is 59.4 Å². The largest absolute Gasteiger partial charge is 0.347 e. The van der Waals surface area contributed by atoms with E-state index in [4.69, 9.17) is 9.47 Å². The van der Waals surface area contributed by atoms with E-state index in [2.05, 4.69) is 5.32 Å². The number of rotatable bonds is 3. The summed E-state index contributed by atoms with van der Waals surface area (Å²) >= 11 is 1.20. The smallest absolute Gasteiger partial charge is 0.247 e. The van der Waals surface area contributed by atoms with E-state index in [0.717, 1.165) is 25.7 Å². The molecule has 1 atom stereocenters. The van der Waals surface area contributed by atoms with Crippen molar-refractivity contribution in [1.29, 1.82) is 0 Å². The van der Waals surface area contributed by atoms with Crippen LogP contribution in [0, 0.1) is 0 Å². The Hall–Kier alpha value is -1.66. The van der Waals surface area contributed by atoms with Gasteiger partial charge in [0.1, 0.15) is 0 Å². The minimum absolute atomic E-state index is 0.128. The van der Waals surface area contributed by atoms with Crippen LogP contribution in [-0.4, -0.2) is 79.9 Å². The lowest BCUT2D eigenvalue weighted by atomic mass is 10.1. The number of anilines is 1. The molecular weight excluding hydrogens is 466 g/mol. The molecule has 180 valence electrons. The van der Waals surface area contributed by atoms with Gasteiger partial charge in [0, 0.05) is 43.9 Å². The van der Waals surface area contributed by atoms with Crippen molar-refractivity contribution in [1.82, 2.24) is 9.21 Å². The quantitative estimate of drug-likeness (QED) is 0.640. The highest BCUT2D eigenvalue weighted by atomic mass is 32.2. The predicted molar refractivity (Wildman–Crippen MR) is 122 cm³/mol. The number of thioether (sulfide) groups is 1. The van der Waals surface area contributed by atoms with Gasteiger partial charge >= 0.3 is 0 Å². The van der Waals surface area contributed by atoms with Crippen LogP contribution < -0.4 is 5.32 Å². The number of nitrogens with one attached hydrogen (secondary N) is 1. The number of ether oxygens (including phenoxy) is 2. The van der Waals surface area contributed by atoms with Crippen molar-refractivity contribution in [3.8, 4) is 0 Å². The lowest BCUT2D eigenvalue weighted by molar-refractivity contribution is -0.179. The van der Waals surface area contributed by atoms with Gasteiger partial charge in [-0.3, -0.25) is 9.59 Å². The number of carbonyl (C=O) groups is 2. The number of sulfonamides is 1. The van der Waals surface area contributed by atoms with E-state index in [1.165, 1.54) is 22.1 Å². The minimum Gasteiger partial charge on any atom is -0.347 e. The molecule has 0 radical (unpaired) electrons. The van der Waals surface area contributed by atoms with E-state index in [9.17, 15) is 18.0 Å². The predicted octanol–water partition coefficient (Wildman–Crippen LogP) is 2.03. The fraction of sp³-hybridized carbons (Fsp3) is 0.636. The normalized spacial score (nSPS) is 26.0. The molecule has 5 rings (SSSR count). The zero-order valence-electron chi connectivity index (χ0n) is 18.5. The van der Waals surface area contributed by atoms with Crippen molar-refractivity contribution < 1.29 is 27.5 Å². The fourth-order valence-corrected chi connectivity index (χ4v) is 7.39. The van der Waals surface area contributed by atoms with Crippen LogP contribution in [0.2, 0.25) is 0 Å². The van der Waals surface area contributed by atoms with E-state index in [1.807, 2.05) is 0 Å². The Kier molecular flexibility index (Phi) is 6.43. The number of benzene rings is 1. The van der Waals surface area contributed by atoms with Crippen LogP contribution in [0.5, 0.6) is 0 Å². The van der Waals surface area contributed by atoms with Gasteiger partial charge in [0.25, 0.3) is 0 Å². The molecule has 1 aromatic carbocycles. The molecule has 4 aliphatic heterocycles. The molecule has 3 saturated heterocycles. The molecule has 11 heteroatoms.